The fraction of sp³-hybridized carbons (Fsp3) is 0.667. The van der Waals surface area contributed by atoms with Gasteiger partial charge in [-0.1, -0.05) is 6.08 Å². The Morgan fingerprint density at radius 3 is 3.09 bits per heavy atom. The van der Waals surface area contributed by atoms with Gasteiger partial charge in [0, 0.05) is 11.7 Å². The highest BCUT2D eigenvalue weighted by atomic mass is 32.2. The van der Waals surface area contributed by atoms with E-state index in [2.05, 4.69) is 11.5 Å². The minimum atomic E-state index is 0.320. The summed E-state index contributed by atoms with van der Waals surface area (Å²) in [5.74, 6) is 0.320. The van der Waals surface area contributed by atoms with Crippen molar-refractivity contribution in [3.63, 3.8) is 0 Å². The highest BCUT2D eigenvalue weighted by molar-refractivity contribution is 8.02. The van der Waals surface area contributed by atoms with Crippen molar-refractivity contribution in [2.24, 2.45) is 0 Å². The summed E-state index contributed by atoms with van der Waals surface area (Å²) in [6.45, 7) is 1.67. The Hall–Kier alpha value is -0.240. The van der Waals surface area contributed by atoms with Gasteiger partial charge in [0.1, 0.15) is 5.78 Å². The maximum absolute atomic E-state index is 10.6. The average Bonchev–Trinajstić information content (AvgIpc) is 2.39. The second kappa shape index (κ2) is 4.60. The van der Waals surface area contributed by atoms with Crippen LogP contribution in [0.2, 0.25) is 0 Å². The van der Waals surface area contributed by atoms with Gasteiger partial charge >= 0.3 is 0 Å². The minimum Gasteiger partial charge on any atom is -0.300 e. The third-order valence-corrected chi connectivity index (χ3v) is 2.98. The van der Waals surface area contributed by atoms with Crippen LogP contribution in [-0.2, 0) is 4.79 Å². The average molecular weight is 170 g/mol. The smallest absolute Gasteiger partial charge is 0.129 e. The van der Waals surface area contributed by atoms with E-state index in [4.69, 9.17) is 0 Å². The van der Waals surface area contributed by atoms with Gasteiger partial charge in [0.15, 0.2) is 0 Å². The monoisotopic (exact) mass is 170 g/mol. The van der Waals surface area contributed by atoms with Crippen LogP contribution in [0.3, 0.4) is 0 Å². The summed E-state index contributed by atoms with van der Waals surface area (Å²) < 4.78 is 0. The molecule has 0 aromatic carbocycles. The Labute approximate surface area is 72.2 Å². The topological polar surface area (TPSA) is 17.1 Å². The first-order chi connectivity index (χ1) is 5.29. The van der Waals surface area contributed by atoms with E-state index in [1.54, 1.807) is 6.92 Å². The predicted molar refractivity (Wildman–Crippen MR) is 49.7 cm³/mol. The van der Waals surface area contributed by atoms with Crippen LogP contribution < -0.4 is 0 Å². The van der Waals surface area contributed by atoms with E-state index in [1.165, 1.54) is 12.8 Å². The third kappa shape index (κ3) is 3.61. The van der Waals surface area contributed by atoms with Crippen LogP contribution in [0.25, 0.3) is 0 Å². The molecule has 0 aromatic heterocycles. The molecule has 11 heavy (non-hydrogen) atoms. The van der Waals surface area contributed by atoms with Crippen LogP contribution in [0.1, 0.15) is 32.6 Å². The number of thioether (sulfide) groups is 1. The van der Waals surface area contributed by atoms with Gasteiger partial charge in [-0.25, -0.2) is 0 Å². The molecule has 0 spiro atoms. The van der Waals surface area contributed by atoms with E-state index in [0.717, 1.165) is 18.1 Å². The van der Waals surface area contributed by atoms with Gasteiger partial charge in [-0.05, 0) is 31.6 Å². The first kappa shape index (κ1) is 8.85. The van der Waals surface area contributed by atoms with Crippen LogP contribution in [-0.4, -0.2) is 11.0 Å². The van der Waals surface area contributed by atoms with Crippen LogP contribution in [0.4, 0.5) is 0 Å². The normalized spacial score (nSPS) is 22.5. The lowest BCUT2D eigenvalue weighted by Crippen LogP contribution is -1.98. The van der Waals surface area contributed by atoms with Gasteiger partial charge in [-0.3, -0.25) is 0 Å². The zero-order chi connectivity index (χ0) is 8.10. The molecule has 1 aliphatic heterocycles. The summed E-state index contributed by atoms with van der Waals surface area (Å²) in [6.07, 6.45) is 6.43. The Bertz CT molecular complexity index is 155. The second-order valence-electron chi connectivity index (χ2n) is 2.96. The molecule has 1 atom stereocenters. The first-order valence-corrected chi connectivity index (χ1v) is 5.03. The zero-order valence-corrected chi connectivity index (χ0v) is 7.69. The summed E-state index contributed by atoms with van der Waals surface area (Å²) in [7, 11) is 0. The van der Waals surface area contributed by atoms with Crippen molar-refractivity contribution < 1.29 is 4.79 Å². The third-order valence-electron chi connectivity index (χ3n) is 1.82. The molecule has 1 rings (SSSR count). The van der Waals surface area contributed by atoms with Crippen molar-refractivity contribution in [3.05, 3.63) is 11.5 Å². The highest BCUT2D eigenvalue weighted by Crippen LogP contribution is 2.27. The molecule has 1 heterocycles. The molecular formula is C9H14OS. The van der Waals surface area contributed by atoms with Crippen molar-refractivity contribution in [1.29, 1.82) is 0 Å². The van der Waals surface area contributed by atoms with E-state index < -0.39 is 0 Å². The summed E-state index contributed by atoms with van der Waals surface area (Å²) in [5.41, 5.74) is 0. The standard InChI is InChI=1S/C9H14OS/c1-8(10)4-2-5-9-6-3-7-11-9/h3,7,9H,2,4-6H2,1H3. The number of carbonyl (C=O) groups is 1. The fourth-order valence-corrected chi connectivity index (χ4v) is 2.16. The number of hydrogen-bond donors (Lipinski definition) is 0. The lowest BCUT2D eigenvalue weighted by molar-refractivity contribution is -0.117. The van der Waals surface area contributed by atoms with Crippen LogP contribution in [0.15, 0.2) is 11.5 Å². The molecule has 0 amide bonds. The number of carbonyl (C=O) groups excluding carboxylic acids is 1. The first-order valence-electron chi connectivity index (χ1n) is 4.09. The van der Waals surface area contributed by atoms with Gasteiger partial charge in [0.2, 0.25) is 0 Å². The number of rotatable bonds is 4. The number of Topliss-reactive ketones (excluding diaryl/α,β-unsaturated/α-hetero) is 1. The van der Waals surface area contributed by atoms with E-state index >= 15 is 0 Å². The molecule has 0 N–H and O–H groups in total. The lowest BCUT2D eigenvalue weighted by atomic mass is 10.1. The molecule has 0 saturated carbocycles. The minimum absolute atomic E-state index is 0.320. The zero-order valence-electron chi connectivity index (χ0n) is 6.88. The van der Waals surface area contributed by atoms with Crippen molar-refractivity contribution in [3.8, 4) is 0 Å². The largest absolute Gasteiger partial charge is 0.300 e. The van der Waals surface area contributed by atoms with Crippen molar-refractivity contribution in [1.82, 2.24) is 0 Å². The van der Waals surface area contributed by atoms with Gasteiger partial charge in [-0.15, -0.1) is 11.8 Å². The lowest BCUT2D eigenvalue weighted by Gasteiger charge is -2.05. The molecule has 0 radical (unpaired) electrons. The Balaban J connectivity index is 1.99. The Morgan fingerprint density at radius 2 is 2.55 bits per heavy atom. The SMILES string of the molecule is CC(=O)CCCC1CC=CS1. The van der Waals surface area contributed by atoms with Gasteiger partial charge < -0.3 is 4.79 Å². The van der Waals surface area contributed by atoms with Crippen LogP contribution in [0.5, 0.6) is 0 Å². The summed E-state index contributed by atoms with van der Waals surface area (Å²) in [5, 5.41) is 2.92. The molecular weight excluding hydrogens is 156 g/mol. The molecule has 62 valence electrons. The maximum Gasteiger partial charge on any atom is 0.129 e. The number of ketones is 1. The predicted octanol–water partition coefficient (Wildman–Crippen LogP) is 2.76. The van der Waals surface area contributed by atoms with E-state index in [1.807, 2.05) is 11.8 Å². The molecule has 0 saturated heterocycles. The van der Waals surface area contributed by atoms with E-state index in [-0.39, 0.29) is 0 Å². The van der Waals surface area contributed by atoms with Gasteiger partial charge in [0.05, 0.1) is 0 Å². The molecule has 0 aliphatic carbocycles. The van der Waals surface area contributed by atoms with Crippen molar-refractivity contribution in [2.75, 3.05) is 0 Å². The van der Waals surface area contributed by atoms with E-state index in [9.17, 15) is 4.79 Å². The number of hydrogen-bond acceptors (Lipinski definition) is 2. The molecule has 0 aromatic rings. The molecule has 2 heteroatoms. The van der Waals surface area contributed by atoms with E-state index in [0.29, 0.717) is 5.78 Å². The molecule has 1 aliphatic rings. The Morgan fingerprint density at radius 1 is 1.73 bits per heavy atom. The molecule has 0 bridgehead atoms. The number of allylic oxidation sites excluding steroid dienone is 1. The van der Waals surface area contributed by atoms with Crippen molar-refractivity contribution in [2.45, 2.75) is 37.9 Å². The Kier molecular flexibility index (Phi) is 3.70. The molecule has 1 unspecified atom stereocenters. The second-order valence-corrected chi connectivity index (χ2v) is 4.17. The molecule has 0 fully saturated rings. The summed E-state index contributed by atoms with van der Waals surface area (Å²) in [4.78, 5) is 10.6. The molecule has 1 nitrogen and oxygen atoms in total. The highest BCUT2D eigenvalue weighted by Gasteiger charge is 2.10. The van der Waals surface area contributed by atoms with Crippen LogP contribution in [0, 0.1) is 0 Å². The maximum atomic E-state index is 10.6. The van der Waals surface area contributed by atoms with Gasteiger partial charge in [-0.2, -0.15) is 0 Å². The fourth-order valence-electron chi connectivity index (χ4n) is 1.19. The van der Waals surface area contributed by atoms with Crippen molar-refractivity contribution >= 4 is 17.5 Å². The summed E-state index contributed by atoms with van der Waals surface area (Å²) >= 11 is 1.90. The summed E-state index contributed by atoms with van der Waals surface area (Å²) in [6, 6.07) is 0. The van der Waals surface area contributed by atoms with Crippen LogP contribution >= 0.6 is 11.8 Å². The quantitative estimate of drug-likeness (QED) is 0.645. The van der Waals surface area contributed by atoms with Gasteiger partial charge in [0.25, 0.3) is 0 Å².